The molecule has 2 fully saturated rings. The Kier molecular flexibility index (Phi) is 4.38. The molecule has 8 nitrogen and oxygen atoms in total. The summed E-state index contributed by atoms with van der Waals surface area (Å²) in [6.45, 7) is 1.74. The second kappa shape index (κ2) is 6.45. The third-order valence-electron chi connectivity index (χ3n) is 5.86. The third kappa shape index (κ3) is 3.18. The molecule has 1 saturated carbocycles. The van der Waals surface area contributed by atoms with Gasteiger partial charge >= 0.3 is 0 Å². The molecule has 0 spiro atoms. The van der Waals surface area contributed by atoms with Gasteiger partial charge in [-0.3, -0.25) is 9.59 Å². The van der Waals surface area contributed by atoms with Crippen LogP contribution in [0.15, 0.2) is 4.79 Å². The van der Waals surface area contributed by atoms with Crippen molar-refractivity contribution in [3.8, 4) is 0 Å². The van der Waals surface area contributed by atoms with Gasteiger partial charge < -0.3 is 9.88 Å². The number of hydrogen-bond donors (Lipinski definition) is 1. The van der Waals surface area contributed by atoms with Gasteiger partial charge in [0.2, 0.25) is 15.9 Å². The molecule has 26 heavy (non-hydrogen) atoms. The molecule has 142 valence electrons. The molecular weight excluding hydrogens is 356 g/mol. The lowest BCUT2D eigenvalue weighted by Crippen LogP contribution is -2.39. The lowest BCUT2D eigenvalue weighted by Gasteiger charge is -2.29. The van der Waals surface area contributed by atoms with Gasteiger partial charge in [-0.1, -0.05) is 6.42 Å². The van der Waals surface area contributed by atoms with E-state index in [0.717, 1.165) is 31.9 Å². The first-order valence-corrected chi connectivity index (χ1v) is 11.0. The smallest absolute Gasteiger partial charge is 0.255 e. The third-order valence-corrected chi connectivity index (χ3v) is 7.11. The van der Waals surface area contributed by atoms with Crippen molar-refractivity contribution in [2.24, 2.45) is 5.92 Å². The molecule has 1 aromatic rings. The summed E-state index contributed by atoms with van der Waals surface area (Å²) in [4.78, 5) is 34.3. The number of aromatic amines is 1. The van der Waals surface area contributed by atoms with E-state index in [-0.39, 0.29) is 29.8 Å². The van der Waals surface area contributed by atoms with Gasteiger partial charge in [-0.15, -0.1) is 0 Å². The minimum absolute atomic E-state index is 0.0463. The number of sulfonamides is 1. The molecule has 9 heteroatoms. The average Bonchev–Trinajstić information content (AvgIpc) is 3.02. The molecule has 1 unspecified atom stereocenters. The molecular formula is C17H24N4O4S. The molecule has 0 aromatic carbocycles. The molecule has 1 saturated heterocycles. The van der Waals surface area contributed by atoms with Crippen LogP contribution in [0.2, 0.25) is 0 Å². The normalized spacial score (nSPS) is 24.3. The fourth-order valence-electron chi connectivity index (χ4n) is 3.99. The Hall–Kier alpha value is -1.74. The summed E-state index contributed by atoms with van der Waals surface area (Å²) in [7, 11) is -3.32. The highest BCUT2D eigenvalue weighted by Crippen LogP contribution is 2.32. The van der Waals surface area contributed by atoms with Gasteiger partial charge in [0.05, 0.1) is 17.5 Å². The Bertz CT molecular complexity index is 891. The summed E-state index contributed by atoms with van der Waals surface area (Å²) in [6.07, 6.45) is 5.51. The highest BCUT2D eigenvalue weighted by molar-refractivity contribution is 7.88. The van der Waals surface area contributed by atoms with E-state index in [1.165, 1.54) is 4.31 Å². The summed E-state index contributed by atoms with van der Waals surface area (Å²) in [5, 5.41) is 0. The molecule has 1 aliphatic carbocycles. The summed E-state index contributed by atoms with van der Waals surface area (Å²) in [6, 6.07) is 0. The number of likely N-dealkylation sites (tertiary alicyclic amines) is 1. The lowest BCUT2D eigenvalue weighted by molar-refractivity contribution is -0.137. The zero-order valence-corrected chi connectivity index (χ0v) is 15.7. The van der Waals surface area contributed by atoms with Crippen LogP contribution in [0.25, 0.3) is 0 Å². The monoisotopic (exact) mass is 380 g/mol. The van der Waals surface area contributed by atoms with Crippen LogP contribution in [0.3, 0.4) is 0 Å². The minimum Gasteiger partial charge on any atom is -0.342 e. The van der Waals surface area contributed by atoms with E-state index in [2.05, 4.69) is 9.97 Å². The maximum Gasteiger partial charge on any atom is 0.255 e. The Morgan fingerprint density at radius 1 is 1.23 bits per heavy atom. The van der Waals surface area contributed by atoms with Crippen LogP contribution in [-0.4, -0.2) is 59.4 Å². The highest BCUT2D eigenvalue weighted by Gasteiger charge is 2.35. The summed E-state index contributed by atoms with van der Waals surface area (Å²) < 4.78 is 24.8. The van der Waals surface area contributed by atoms with Crippen molar-refractivity contribution in [1.82, 2.24) is 19.2 Å². The van der Waals surface area contributed by atoms with Crippen molar-refractivity contribution in [2.45, 2.75) is 44.6 Å². The molecule has 0 bridgehead atoms. The number of fused-ring (bicyclic) bond motifs is 1. The number of nitrogens with one attached hydrogen (secondary N) is 1. The topological polar surface area (TPSA) is 103 Å². The Morgan fingerprint density at radius 3 is 2.65 bits per heavy atom. The van der Waals surface area contributed by atoms with Crippen LogP contribution >= 0.6 is 0 Å². The number of aromatic nitrogens is 2. The van der Waals surface area contributed by atoms with Crippen LogP contribution < -0.4 is 5.56 Å². The van der Waals surface area contributed by atoms with Gasteiger partial charge in [0.25, 0.3) is 5.56 Å². The van der Waals surface area contributed by atoms with Crippen LogP contribution in [0.1, 0.15) is 48.7 Å². The van der Waals surface area contributed by atoms with E-state index in [0.29, 0.717) is 43.1 Å². The summed E-state index contributed by atoms with van der Waals surface area (Å²) in [5.74, 6) is 1.10. The summed E-state index contributed by atoms with van der Waals surface area (Å²) in [5.41, 5.74) is 0.861. The van der Waals surface area contributed by atoms with Crippen molar-refractivity contribution in [3.05, 3.63) is 27.4 Å². The predicted octanol–water partition coefficient (Wildman–Crippen LogP) is 0.204. The van der Waals surface area contributed by atoms with Crippen molar-refractivity contribution in [3.63, 3.8) is 0 Å². The zero-order valence-electron chi connectivity index (χ0n) is 14.9. The largest absolute Gasteiger partial charge is 0.342 e. The van der Waals surface area contributed by atoms with Gasteiger partial charge in [-0.2, -0.15) is 4.31 Å². The summed E-state index contributed by atoms with van der Waals surface area (Å²) >= 11 is 0. The van der Waals surface area contributed by atoms with Gasteiger partial charge in [0.1, 0.15) is 5.82 Å². The number of hydrogen-bond acceptors (Lipinski definition) is 5. The molecule has 4 rings (SSSR count). The number of H-pyrrole nitrogens is 1. The van der Waals surface area contributed by atoms with E-state index >= 15 is 0 Å². The van der Waals surface area contributed by atoms with E-state index in [1.54, 1.807) is 0 Å². The SMILES string of the molecule is CS(=O)(=O)N1CCc2nc(C3CCN(C(=O)C4CCC4)C3)[nH]c(=O)c2C1. The molecule has 1 amide bonds. The molecule has 2 aliphatic heterocycles. The van der Waals surface area contributed by atoms with Crippen molar-refractivity contribution < 1.29 is 13.2 Å². The number of nitrogens with zero attached hydrogens (tertiary/aromatic N) is 3. The van der Waals surface area contributed by atoms with Crippen LogP contribution in [-0.2, 0) is 27.8 Å². The first kappa shape index (κ1) is 17.7. The van der Waals surface area contributed by atoms with Crippen molar-refractivity contribution in [1.29, 1.82) is 0 Å². The quantitative estimate of drug-likeness (QED) is 0.807. The van der Waals surface area contributed by atoms with E-state index in [1.807, 2.05) is 4.90 Å². The number of amides is 1. The molecule has 0 radical (unpaired) electrons. The second-order valence-corrected chi connectivity index (χ2v) is 9.60. The van der Waals surface area contributed by atoms with Gasteiger partial charge in [-0.25, -0.2) is 13.4 Å². The van der Waals surface area contributed by atoms with Crippen LogP contribution in [0.5, 0.6) is 0 Å². The average molecular weight is 380 g/mol. The molecule has 3 aliphatic rings. The fraction of sp³-hybridized carbons (Fsp3) is 0.706. The standard InChI is InChI=1S/C17H24N4O4S/c1-26(24,25)21-8-6-14-13(10-21)16(22)19-15(18-14)12-5-7-20(9-12)17(23)11-3-2-4-11/h11-12H,2-10H2,1H3,(H,18,19,22). The van der Waals surface area contributed by atoms with Crippen LogP contribution in [0, 0.1) is 5.92 Å². The lowest BCUT2D eigenvalue weighted by atomic mass is 9.84. The molecule has 3 heterocycles. The molecule has 1 N–H and O–H groups in total. The fourth-order valence-corrected chi connectivity index (χ4v) is 4.78. The number of carbonyl (C=O) groups excluding carboxylic acids is 1. The predicted molar refractivity (Wildman–Crippen MR) is 95.1 cm³/mol. The maximum absolute atomic E-state index is 12.5. The van der Waals surface area contributed by atoms with E-state index in [9.17, 15) is 18.0 Å². The van der Waals surface area contributed by atoms with Gasteiger partial charge in [-0.05, 0) is 19.3 Å². The van der Waals surface area contributed by atoms with Crippen molar-refractivity contribution in [2.75, 3.05) is 25.9 Å². The highest BCUT2D eigenvalue weighted by atomic mass is 32.2. The van der Waals surface area contributed by atoms with Gasteiger partial charge in [0, 0.05) is 44.4 Å². The number of rotatable bonds is 3. The first-order chi connectivity index (χ1) is 12.3. The van der Waals surface area contributed by atoms with E-state index < -0.39 is 10.0 Å². The second-order valence-electron chi connectivity index (χ2n) is 7.62. The maximum atomic E-state index is 12.5. The Morgan fingerprint density at radius 2 is 2.00 bits per heavy atom. The number of carbonyl (C=O) groups is 1. The molecule has 1 atom stereocenters. The minimum atomic E-state index is -3.32. The Balaban J connectivity index is 1.52. The van der Waals surface area contributed by atoms with E-state index in [4.69, 9.17) is 0 Å². The van der Waals surface area contributed by atoms with Crippen molar-refractivity contribution >= 4 is 15.9 Å². The molecule has 1 aromatic heterocycles. The zero-order chi connectivity index (χ0) is 18.5. The van der Waals surface area contributed by atoms with Gasteiger partial charge in [0.15, 0.2) is 0 Å². The Labute approximate surface area is 152 Å². The first-order valence-electron chi connectivity index (χ1n) is 9.19. The van der Waals surface area contributed by atoms with Crippen LogP contribution in [0.4, 0.5) is 0 Å².